The average Bonchev–Trinajstić information content (AvgIpc) is 4.07. The Morgan fingerprint density at radius 3 is 2.23 bits per heavy atom. The van der Waals surface area contributed by atoms with Crippen molar-refractivity contribution in [1.82, 2.24) is 30.2 Å². The molecule has 11 atom stereocenters. The number of nitrogens with zero attached hydrogens (tertiary/aromatic N) is 4. The number of hydrogen-bond donors (Lipinski definition) is 3. The molecule has 5 amide bonds. The number of amides is 5. The number of ether oxygens (including phenoxy) is 2. The number of sulfone groups is 1. The molecule has 1 aromatic carbocycles. The fraction of sp³-hybridized carbons (Fsp3) is 0.708. The van der Waals surface area contributed by atoms with E-state index in [1.54, 1.807) is 64.9 Å². The molecular weight excluding hydrogens is 869 g/mol. The molecule has 3 aliphatic rings. The lowest BCUT2D eigenvalue weighted by Crippen LogP contribution is -2.60. The van der Waals surface area contributed by atoms with Crippen LogP contribution >= 0.6 is 0 Å². The molecule has 3 fully saturated rings. The van der Waals surface area contributed by atoms with E-state index in [4.69, 9.17) is 9.47 Å². The van der Waals surface area contributed by atoms with Crippen LogP contribution in [0.15, 0.2) is 42.3 Å². The van der Waals surface area contributed by atoms with Crippen LogP contribution in [0.4, 0.5) is 0 Å². The number of piperidine rings is 1. The van der Waals surface area contributed by atoms with Crippen molar-refractivity contribution in [2.75, 3.05) is 53.7 Å². The highest BCUT2D eigenvalue weighted by molar-refractivity contribution is 7.94. The van der Waals surface area contributed by atoms with E-state index in [0.717, 1.165) is 23.8 Å². The molecule has 2 aliphatic heterocycles. The molecule has 3 N–H and O–H groups in total. The summed E-state index contributed by atoms with van der Waals surface area (Å²) in [6.07, 6.45) is 2.85. The second-order valence-corrected chi connectivity index (χ2v) is 21.0. The molecule has 1 aromatic rings. The van der Waals surface area contributed by atoms with Gasteiger partial charge in [0.05, 0.1) is 42.4 Å². The van der Waals surface area contributed by atoms with Crippen molar-refractivity contribution in [3.63, 3.8) is 0 Å². The normalized spacial score (nSPS) is 22.6. The van der Waals surface area contributed by atoms with Gasteiger partial charge in [0.15, 0.2) is 9.84 Å². The first-order valence-electron chi connectivity index (χ1n) is 23.5. The molecule has 17 nitrogen and oxygen atoms in total. The third-order valence-electron chi connectivity index (χ3n) is 14.2. The fourth-order valence-corrected chi connectivity index (χ4v) is 10.9. The Morgan fingerprint density at radius 2 is 1.64 bits per heavy atom. The lowest BCUT2D eigenvalue weighted by Gasteiger charge is -2.41. The van der Waals surface area contributed by atoms with Crippen LogP contribution in [-0.2, 0) is 54.5 Å². The van der Waals surface area contributed by atoms with Gasteiger partial charge in [-0.3, -0.25) is 24.0 Å². The van der Waals surface area contributed by atoms with Crippen molar-refractivity contribution in [3.05, 3.63) is 47.9 Å². The molecule has 18 heteroatoms. The number of carboxylic acids is 1. The Kier molecular flexibility index (Phi) is 20.2. The standard InChI is InChI=1S/C48H76N6O11S/c1-11-31(5)42(38(64-9)29-40(56)53-23-16-19-37(53)44(65-10)32(6)45(57)49-36(48(60)61)27-33-17-14-13-15-18-33)52(8)47(59)41(30(3)4)50-46(58)43-34-20-21-35(28-34)54(43)39(55)22-24-51(7)25-26-66(62,63)12-2/h12-15,17-18,30-32,34-38,41-44H,2,11,16,19-29H2,1,3-10H3,(H,49,57)(H,50,58)(H,60,61)/t31-,32+,34?,35-,36-,37-,38+,41-,42-,43-,44+/m0/s1. The fourth-order valence-electron chi connectivity index (χ4n) is 10.2. The SMILES string of the molecule is C=CS(=O)(=O)CCN(C)CCC(=O)N1[C@H]2CCC(C2)[C@H]1C(=O)N[C@H](C(=O)N(C)[C@@H]([C@@H](C)CC)[C@@H](CC(=O)N1CCC[C@H]1[C@H](OC)[C@@H](C)C(=O)N[C@@H](Cc1ccccc1)C(=O)O)OC)C(C)C. The first kappa shape index (κ1) is 54.2. The van der Waals surface area contributed by atoms with Gasteiger partial charge in [0.25, 0.3) is 0 Å². The van der Waals surface area contributed by atoms with Crippen LogP contribution in [0.3, 0.4) is 0 Å². The number of carboxylic acid groups (broad SMARTS) is 1. The van der Waals surface area contributed by atoms with Gasteiger partial charge in [0, 0.05) is 65.2 Å². The van der Waals surface area contributed by atoms with Gasteiger partial charge in [-0.25, -0.2) is 13.2 Å². The number of hydrogen-bond acceptors (Lipinski definition) is 11. The van der Waals surface area contributed by atoms with Crippen LogP contribution in [0.5, 0.6) is 0 Å². The van der Waals surface area contributed by atoms with Gasteiger partial charge in [-0.1, -0.05) is 78.0 Å². The van der Waals surface area contributed by atoms with Crippen LogP contribution in [0.25, 0.3) is 0 Å². The van der Waals surface area contributed by atoms with E-state index in [1.807, 2.05) is 33.8 Å². The van der Waals surface area contributed by atoms with Gasteiger partial charge in [0.2, 0.25) is 29.5 Å². The van der Waals surface area contributed by atoms with Crippen molar-refractivity contribution < 1.29 is 51.8 Å². The minimum Gasteiger partial charge on any atom is -0.480 e. The number of carbonyl (C=O) groups is 6. The zero-order chi connectivity index (χ0) is 49.0. The predicted molar refractivity (Wildman–Crippen MR) is 250 cm³/mol. The maximum absolute atomic E-state index is 14.6. The molecule has 2 heterocycles. The van der Waals surface area contributed by atoms with Crippen molar-refractivity contribution in [2.24, 2.45) is 23.7 Å². The van der Waals surface area contributed by atoms with E-state index < -0.39 is 70.0 Å². The maximum Gasteiger partial charge on any atom is 0.326 e. The maximum atomic E-state index is 14.6. The number of methoxy groups -OCH3 is 2. The molecule has 370 valence electrons. The monoisotopic (exact) mass is 945 g/mol. The Hall–Kier alpha value is -4.39. The van der Waals surface area contributed by atoms with E-state index in [9.17, 15) is 42.3 Å². The number of fused-ring (bicyclic) bond motifs is 2. The molecule has 4 rings (SSSR count). The smallest absolute Gasteiger partial charge is 0.326 e. The minimum atomic E-state index is -3.39. The highest BCUT2D eigenvalue weighted by atomic mass is 32.2. The summed E-state index contributed by atoms with van der Waals surface area (Å²) < 4.78 is 35.8. The largest absolute Gasteiger partial charge is 0.480 e. The summed E-state index contributed by atoms with van der Waals surface area (Å²) in [6.45, 7) is 13.7. The lowest BCUT2D eigenvalue weighted by molar-refractivity contribution is -0.149. The molecule has 2 saturated heterocycles. The average molecular weight is 945 g/mol. The third-order valence-corrected chi connectivity index (χ3v) is 15.5. The van der Waals surface area contributed by atoms with E-state index in [0.29, 0.717) is 38.8 Å². The Bertz CT molecular complexity index is 1950. The van der Waals surface area contributed by atoms with Crippen molar-refractivity contribution in [2.45, 2.75) is 141 Å². The van der Waals surface area contributed by atoms with E-state index in [2.05, 4.69) is 17.2 Å². The highest BCUT2D eigenvalue weighted by Gasteiger charge is 2.52. The number of rotatable bonds is 26. The summed E-state index contributed by atoms with van der Waals surface area (Å²) in [6, 6.07) is 5.08. The van der Waals surface area contributed by atoms with E-state index in [-0.39, 0.29) is 79.0 Å². The number of aliphatic carboxylic acids is 1. The predicted octanol–water partition coefficient (Wildman–Crippen LogP) is 3.12. The van der Waals surface area contributed by atoms with Crippen LogP contribution in [0.1, 0.15) is 91.5 Å². The van der Waals surface area contributed by atoms with Gasteiger partial charge in [-0.2, -0.15) is 0 Å². The van der Waals surface area contributed by atoms with Gasteiger partial charge < -0.3 is 44.8 Å². The van der Waals surface area contributed by atoms with Crippen molar-refractivity contribution in [1.29, 1.82) is 0 Å². The molecule has 0 aromatic heterocycles. The summed E-state index contributed by atoms with van der Waals surface area (Å²) in [5, 5.41) is 16.6. The Morgan fingerprint density at radius 1 is 0.955 bits per heavy atom. The summed E-state index contributed by atoms with van der Waals surface area (Å²) in [7, 11) is 3.02. The summed E-state index contributed by atoms with van der Waals surface area (Å²) in [5.41, 5.74) is 0.765. The van der Waals surface area contributed by atoms with Crippen LogP contribution in [-0.4, -0.2) is 171 Å². The van der Waals surface area contributed by atoms with Crippen molar-refractivity contribution in [3.8, 4) is 0 Å². The molecular formula is C48H76N6O11S. The first-order valence-corrected chi connectivity index (χ1v) is 25.3. The number of likely N-dealkylation sites (N-methyl/N-ethyl adjacent to an activating group) is 1. The Labute approximate surface area is 392 Å². The van der Waals surface area contributed by atoms with Crippen LogP contribution in [0.2, 0.25) is 0 Å². The summed E-state index contributed by atoms with van der Waals surface area (Å²) in [4.78, 5) is 89.5. The molecule has 1 unspecified atom stereocenters. The second-order valence-electron chi connectivity index (χ2n) is 19.0. The van der Waals surface area contributed by atoms with Gasteiger partial charge in [0.1, 0.15) is 18.1 Å². The molecule has 0 spiro atoms. The summed E-state index contributed by atoms with van der Waals surface area (Å²) >= 11 is 0. The van der Waals surface area contributed by atoms with Crippen LogP contribution < -0.4 is 10.6 Å². The lowest BCUT2D eigenvalue weighted by atomic mass is 9.89. The highest BCUT2D eigenvalue weighted by Crippen LogP contribution is 2.43. The molecule has 2 bridgehead atoms. The van der Waals surface area contributed by atoms with Gasteiger partial charge in [-0.05, 0) is 62.5 Å². The summed E-state index contributed by atoms with van der Waals surface area (Å²) in [5.74, 6) is -4.21. The third kappa shape index (κ3) is 13.6. The second kappa shape index (κ2) is 24.6. The first-order chi connectivity index (χ1) is 31.2. The molecule has 1 aliphatic carbocycles. The molecule has 0 radical (unpaired) electrons. The molecule has 1 saturated carbocycles. The number of likely N-dealkylation sites (tertiary alicyclic amines) is 2. The Balaban J connectivity index is 1.45. The topological polar surface area (TPSA) is 212 Å². The number of carbonyl (C=O) groups excluding carboxylic acids is 5. The number of benzene rings is 1. The van der Waals surface area contributed by atoms with Gasteiger partial charge >= 0.3 is 5.97 Å². The zero-order valence-electron chi connectivity index (χ0n) is 40.5. The molecule has 66 heavy (non-hydrogen) atoms. The van der Waals surface area contributed by atoms with Crippen molar-refractivity contribution >= 4 is 45.3 Å². The van der Waals surface area contributed by atoms with Crippen LogP contribution in [0, 0.1) is 23.7 Å². The van der Waals surface area contributed by atoms with E-state index in [1.165, 1.54) is 14.2 Å². The number of nitrogens with one attached hydrogen (secondary N) is 2. The minimum absolute atomic E-state index is 0.0439. The zero-order valence-corrected chi connectivity index (χ0v) is 41.3. The van der Waals surface area contributed by atoms with Gasteiger partial charge in [-0.15, -0.1) is 0 Å². The quantitative estimate of drug-likeness (QED) is 0.122. The van der Waals surface area contributed by atoms with E-state index >= 15 is 0 Å².